The van der Waals surface area contributed by atoms with Crippen LogP contribution >= 0.6 is 23.4 Å². The van der Waals surface area contributed by atoms with Crippen molar-refractivity contribution in [2.75, 3.05) is 20.0 Å². The van der Waals surface area contributed by atoms with Gasteiger partial charge in [0.15, 0.2) is 6.29 Å². The van der Waals surface area contributed by atoms with E-state index in [9.17, 15) is 0 Å². The fourth-order valence-corrected chi connectivity index (χ4v) is 2.22. The third kappa shape index (κ3) is 4.89. The van der Waals surface area contributed by atoms with Gasteiger partial charge in [0.1, 0.15) is 0 Å². The number of halogens is 1. The second-order valence-corrected chi connectivity index (χ2v) is 4.51. The van der Waals surface area contributed by atoms with Gasteiger partial charge in [-0.25, -0.2) is 0 Å². The smallest absolute Gasteiger partial charge is 0.165 e. The number of rotatable bonds is 6. The summed E-state index contributed by atoms with van der Waals surface area (Å²) in [6.45, 7) is 0. The third-order valence-corrected chi connectivity index (χ3v) is 3.26. The Hall–Kier alpha value is -0.220. The van der Waals surface area contributed by atoms with Gasteiger partial charge in [0.2, 0.25) is 0 Å². The van der Waals surface area contributed by atoms with E-state index in [4.69, 9.17) is 21.1 Å². The minimum atomic E-state index is -0.123. The van der Waals surface area contributed by atoms with Gasteiger partial charge in [-0.05, 0) is 17.7 Å². The van der Waals surface area contributed by atoms with Crippen molar-refractivity contribution in [2.45, 2.75) is 12.0 Å². The highest BCUT2D eigenvalue weighted by Gasteiger charge is 2.04. The van der Waals surface area contributed by atoms with Crippen LogP contribution in [0.15, 0.2) is 24.3 Å². The number of thioether (sulfide) groups is 1. The SMILES string of the molecule is COC(CSCc1ccc(Cl)cc1)OC. The molecule has 0 aliphatic heterocycles. The molecule has 0 saturated heterocycles. The van der Waals surface area contributed by atoms with Crippen molar-refractivity contribution in [3.8, 4) is 0 Å². The molecule has 0 atom stereocenters. The molecule has 1 rings (SSSR count). The van der Waals surface area contributed by atoms with Crippen LogP contribution in [-0.2, 0) is 15.2 Å². The molecule has 0 aliphatic rings. The minimum absolute atomic E-state index is 0.123. The van der Waals surface area contributed by atoms with Crippen LogP contribution in [-0.4, -0.2) is 26.3 Å². The maximum atomic E-state index is 5.79. The van der Waals surface area contributed by atoms with Gasteiger partial charge >= 0.3 is 0 Å². The Balaban J connectivity index is 2.28. The summed E-state index contributed by atoms with van der Waals surface area (Å²) in [5.41, 5.74) is 1.26. The Bertz CT molecular complexity index is 272. The van der Waals surface area contributed by atoms with E-state index in [1.54, 1.807) is 26.0 Å². The zero-order valence-corrected chi connectivity index (χ0v) is 10.5. The average Bonchev–Trinajstić information content (AvgIpc) is 2.27. The van der Waals surface area contributed by atoms with Crippen molar-refractivity contribution in [3.63, 3.8) is 0 Å². The second kappa shape index (κ2) is 7.12. The first-order valence-corrected chi connectivity index (χ1v) is 6.17. The van der Waals surface area contributed by atoms with Crippen molar-refractivity contribution in [1.82, 2.24) is 0 Å². The van der Waals surface area contributed by atoms with Crippen LogP contribution in [0.25, 0.3) is 0 Å². The molecule has 4 heteroatoms. The number of hydrogen-bond donors (Lipinski definition) is 0. The summed E-state index contributed by atoms with van der Waals surface area (Å²) in [5, 5.41) is 0.774. The fourth-order valence-electron chi connectivity index (χ4n) is 1.09. The van der Waals surface area contributed by atoms with Crippen LogP contribution in [0.4, 0.5) is 0 Å². The van der Waals surface area contributed by atoms with Gasteiger partial charge < -0.3 is 9.47 Å². The van der Waals surface area contributed by atoms with Crippen LogP contribution in [0.2, 0.25) is 5.02 Å². The lowest BCUT2D eigenvalue weighted by Gasteiger charge is -2.12. The van der Waals surface area contributed by atoms with E-state index in [0.717, 1.165) is 16.5 Å². The number of hydrogen-bond acceptors (Lipinski definition) is 3. The summed E-state index contributed by atoms with van der Waals surface area (Å²) < 4.78 is 10.2. The van der Waals surface area contributed by atoms with Crippen LogP contribution in [0.3, 0.4) is 0 Å². The molecule has 0 heterocycles. The Kier molecular flexibility index (Phi) is 6.10. The second-order valence-electron chi connectivity index (χ2n) is 3.04. The Morgan fingerprint density at radius 1 is 1.20 bits per heavy atom. The van der Waals surface area contributed by atoms with Crippen molar-refractivity contribution in [1.29, 1.82) is 0 Å². The van der Waals surface area contributed by atoms with E-state index in [1.165, 1.54) is 5.56 Å². The molecule has 0 spiro atoms. The lowest BCUT2D eigenvalue weighted by atomic mass is 10.2. The Morgan fingerprint density at radius 2 is 1.80 bits per heavy atom. The van der Waals surface area contributed by atoms with E-state index in [-0.39, 0.29) is 6.29 Å². The molecule has 0 aliphatic carbocycles. The highest BCUT2D eigenvalue weighted by molar-refractivity contribution is 7.98. The van der Waals surface area contributed by atoms with Crippen molar-refractivity contribution < 1.29 is 9.47 Å². The average molecular weight is 247 g/mol. The first-order valence-electron chi connectivity index (χ1n) is 4.64. The molecule has 0 unspecified atom stereocenters. The molecule has 0 amide bonds. The summed E-state index contributed by atoms with van der Waals surface area (Å²) in [6, 6.07) is 7.87. The molecule has 2 nitrogen and oxygen atoms in total. The molecule has 0 aromatic heterocycles. The molecular weight excluding hydrogens is 232 g/mol. The van der Waals surface area contributed by atoms with Crippen LogP contribution in [0, 0.1) is 0 Å². The van der Waals surface area contributed by atoms with Gasteiger partial charge in [0.25, 0.3) is 0 Å². The van der Waals surface area contributed by atoms with Crippen molar-refractivity contribution in [2.24, 2.45) is 0 Å². The lowest BCUT2D eigenvalue weighted by molar-refractivity contribution is -0.0842. The molecule has 1 aromatic carbocycles. The summed E-state index contributed by atoms with van der Waals surface area (Å²) >= 11 is 7.57. The lowest BCUT2D eigenvalue weighted by Crippen LogP contribution is -2.15. The van der Waals surface area contributed by atoms with Crippen LogP contribution in [0.1, 0.15) is 5.56 Å². The molecule has 1 aromatic rings. The topological polar surface area (TPSA) is 18.5 Å². The Labute approximate surface area is 99.9 Å². The Morgan fingerprint density at radius 3 is 2.33 bits per heavy atom. The van der Waals surface area contributed by atoms with E-state index in [0.29, 0.717) is 0 Å². The van der Waals surface area contributed by atoms with Crippen LogP contribution < -0.4 is 0 Å². The molecule has 0 N–H and O–H groups in total. The van der Waals surface area contributed by atoms with Gasteiger partial charge in [-0.3, -0.25) is 0 Å². The first kappa shape index (κ1) is 12.8. The largest absolute Gasteiger partial charge is 0.355 e. The van der Waals surface area contributed by atoms with Gasteiger partial charge in [-0.15, -0.1) is 0 Å². The normalized spacial score (nSPS) is 10.9. The van der Waals surface area contributed by atoms with Crippen molar-refractivity contribution >= 4 is 23.4 Å². The quantitative estimate of drug-likeness (QED) is 0.719. The van der Waals surface area contributed by atoms with E-state index in [2.05, 4.69) is 0 Å². The summed E-state index contributed by atoms with van der Waals surface area (Å²) in [6.07, 6.45) is -0.123. The predicted octanol–water partition coefficient (Wildman–Crippen LogP) is 3.19. The van der Waals surface area contributed by atoms with Gasteiger partial charge in [0, 0.05) is 30.7 Å². The molecule has 15 heavy (non-hydrogen) atoms. The first-order chi connectivity index (χ1) is 7.26. The van der Waals surface area contributed by atoms with E-state index < -0.39 is 0 Å². The molecular formula is C11H15ClO2S. The zero-order valence-electron chi connectivity index (χ0n) is 8.90. The minimum Gasteiger partial charge on any atom is -0.355 e. The molecule has 0 radical (unpaired) electrons. The van der Waals surface area contributed by atoms with Crippen molar-refractivity contribution in [3.05, 3.63) is 34.9 Å². The van der Waals surface area contributed by atoms with Gasteiger partial charge in [-0.2, -0.15) is 11.8 Å². The highest BCUT2D eigenvalue weighted by atomic mass is 35.5. The number of methoxy groups -OCH3 is 2. The fraction of sp³-hybridized carbons (Fsp3) is 0.455. The third-order valence-electron chi connectivity index (χ3n) is 1.96. The summed E-state index contributed by atoms with van der Waals surface area (Å²) in [5.74, 6) is 1.77. The molecule has 84 valence electrons. The zero-order chi connectivity index (χ0) is 11.1. The van der Waals surface area contributed by atoms with Crippen LogP contribution in [0.5, 0.6) is 0 Å². The summed E-state index contributed by atoms with van der Waals surface area (Å²) in [4.78, 5) is 0. The summed E-state index contributed by atoms with van der Waals surface area (Å²) in [7, 11) is 3.30. The predicted molar refractivity (Wildman–Crippen MR) is 65.4 cm³/mol. The molecule has 0 fully saturated rings. The van der Waals surface area contributed by atoms with E-state index in [1.807, 2.05) is 24.3 Å². The maximum Gasteiger partial charge on any atom is 0.165 e. The standard InChI is InChI=1S/C11H15ClO2S/c1-13-11(14-2)8-15-7-9-3-5-10(12)6-4-9/h3-6,11H,7-8H2,1-2H3. The molecule has 0 bridgehead atoms. The number of ether oxygens (including phenoxy) is 2. The molecule has 0 saturated carbocycles. The monoisotopic (exact) mass is 246 g/mol. The van der Waals surface area contributed by atoms with Gasteiger partial charge in [-0.1, -0.05) is 23.7 Å². The number of benzene rings is 1. The van der Waals surface area contributed by atoms with Gasteiger partial charge in [0.05, 0.1) is 0 Å². The van der Waals surface area contributed by atoms with E-state index >= 15 is 0 Å². The highest BCUT2D eigenvalue weighted by Crippen LogP contribution is 2.16. The maximum absolute atomic E-state index is 5.79.